The van der Waals surface area contributed by atoms with Gasteiger partial charge in [0.05, 0.1) is 5.56 Å². The van der Waals surface area contributed by atoms with E-state index < -0.39 is 5.60 Å². The van der Waals surface area contributed by atoms with Crippen LogP contribution in [0.15, 0.2) is 60.7 Å². The molecule has 0 saturated heterocycles. The highest BCUT2D eigenvalue weighted by Crippen LogP contribution is 2.56. The monoisotopic (exact) mass is 417 g/mol. The van der Waals surface area contributed by atoms with Crippen molar-refractivity contribution in [2.45, 2.75) is 40.2 Å². The Hall–Kier alpha value is -3.27. The Morgan fingerprint density at radius 1 is 0.774 bits per heavy atom. The quantitative estimate of drug-likeness (QED) is 0.414. The molecule has 3 aromatic rings. The number of ether oxygens (including phenoxy) is 2. The molecule has 0 fully saturated rings. The molecule has 1 spiro atoms. The van der Waals surface area contributed by atoms with Crippen molar-refractivity contribution in [3.05, 3.63) is 88.5 Å². The van der Waals surface area contributed by atoms with Crippen LogP contribution in [0.5, 0.6) is 11.5 Å². The van der Waals surface area contributed by atoms with Gasteiger partial charge in [-0.05, 0) is 36.8 Å². The molecule has 1 atom stereocenters. The van der Waals surface area contributed by atoms with Gasteiger partial charge in [0.2, 0.25) is 0 Å². The summed E-state index contributed by atoms with van der Waals surface area (Å²) in [7, 11) is 3.98. The Bertz CT molecular complexity index is 1100. The summed E-state index contributed by atoms with van der Waals surface area (Å²) in [5.41, 5.74) is 4.32. The zero-order valence-corrected chi connectivity index (χ0v) is 19.4. The maximum Gasteiger partial charge on any atom is 0.340 e. The second-order valence-corrected chi connectivity index (χ2v) is 7.29. The lowest BCUT2D eigenvalue weighted by Crippen LogP contribution is -2.33. The average molecular weight is 418 g/mol. The second kappa shape index (κ2) is 8.84. The number of carbonyl (C=O) groups is 1. The maximum absolute atomic E-state index is 12.7. The van der Waals surface area contributed by atoms with Crippen molar-refractivity contribution in [1.29, 1.82) is 0 Å². The molecule has 5 rings (SSSR count). The summed E-state index contributed by atoms with van der Waals surface area (Å²) in [4.78, 5) is 14.8. The third-order valence-electron chi connectivity index (χ3n) is 5.37. The lowest BCUT2D eigenvalue weighted by molar-refractivity contribution is 0.0224. The summed E-state index contributed by atoms with van der Waals surface area (Å²) in [6, 6.07) is 19.7. The van der Waals surface area contributed by atoms with Gasteiger partial charge in [-0.2, -0.15) is 0 Å². The summed E-state index contributed by atoms with van der Waals surface area (Å²) >= 11 is 0. The molecular formula is C27H31NO3. The molecule has 4 nitrogen and oxygen atoms in total. The molecule has 162 valence electrons. The van der Waals surface area contributed by atoms with Crippen molar-refractivity contribution in [1.82, 2.24) is 0 Å². The van der Waals surface area contributed by atoms with Crippen LogP contribution in [0.1, 0.15) is 60.3 Å². The molecule has 0 saturated carbocycles. The zero-order chi connectivity index (χ0) is 22.8. The van der Waals surface area contributed by atoms with Gasteiger partial charge in [0, 0.05) is 42.5 Å². The summed E-state index contributed by atoms with van der Waals surface area (Å²) in [5, 5.41) is 0. The van der Waals surface area contributed by atoms with Gasteiger partial charge in [-0.1, -0.05) is 58.0 Å². The van der Waals surface area contributed by atoms with Crippen molar-refractivity contribution in [2.24, 2.45) is 0 Å². The van der Waals surface area contributed by atoms with Crippen LogP contribution in [0.2, 0.25) is 0 Å². The Balaban J connectivity index is 0.000000645. The Morgan fingerprint density at radius 2 is 1.39 bits per heavy atom. The molecule has 0 bridgehead atoms. The van der Waals surface area contributed by atoms with Gasteiger partial charge >= 0.3 is 5.97 Å². The first-order chi connectivity index (χ1) is 15.0. The second-order valence-electron chi connectivity index (χ2n) is 7.29. The summed E-state index contributed by atoms with van der Waals surface area (Å²) in [6.45, 7) is 10.0. The fraction of sp³-hybridized carbons (Fsp3) is 0.296. The van der Waals surface area contributed by atoms with E-state index in [1.807, 2.05) is 114 Å². The van der Waals surface area contributed by atoms with Gasteiger partial charge in [-0.15, -0.1) is 0 Å². The molecule has 2 aliphatic heterocycles. The van der Waals surface area contributed by atoms with Gasteiger partial charge in [-0.25, -0.2) is 4.79 Å². The van der Waals surface area contributed by atoms with Gasteiger partial charge in [0.15, 0.2) is 5.60 Å². The molecule has 4 heteroatoms. The normalized spacial score (nSPS) is 16.9. The fourth-order valence-corrected chi connectivity index (χ4v) is 4.05. The first kappa shape index (κ1) is 22.4. The first-order valence-corrected chi connectivity index (χ1v) is 10.9. The molecule has 0 N–H and O–H groups in total. The number of benzene rings is 3. The largest absolute Gasteiger partial charge is 0.456 e. The van der Waals surface area contributed by atoms with Crippen LogP contribution in [0.25, 0.3) is 0 Å². The number of nitrogens with zero attached hydrogens (tertiary/aromatic N) is 1. The average Bonchev–Trinajstić information content (AvgIpc) is 3.09. The lowest BCUT2D eigenvalue weighted by Gasteiger charge is -2.37. The van der Waals surface area contributed by atoms with Gasteiger partial charge in [0.1, 0.15) is 11.5 Å². The number of hydrogen-bond donors (Lipinski definition) is 0. The molecule has 1 unspecified atom stereocenters. The number of aryl methyl sites for hydroxylation is 1. The predicted octanol–water partition coefficient (Wildman–Crippen LogP) is 6.68. The van der Waals surface area contributed by atoms with E-state index >= 15 is 0 Å². The topological polar surface area (TPSA) is 38.8 Å². The minimum Gasteiger partial charge on any atom is -0.456 e. The number of esters is 1. The van der Waals surface area contributed by atoms with Gasteiger partial charge < -0.3 is 14.4 Å². The number of carbonyl (C=O) groups excluding carboxylic acids is 1. The molecule has 0 radical (unpaired) electrons. The van der Waals surface area contributed by atoms with E-state index in [0.29, 0.717) is 11.3 Å². The number of fused-ring (bicyclic) bond motifs is 6. The molecule has 2 aliphatic rings. The van der Waals surface area contributed by atoms with Crippen LogP contribution >= 0.6 is 0 Å². The van der Waals surface area contributed by atoms with Crippen LogP contribution in [0.3, 0.4) is 0 Å². The standard InChI is InChI=1S/C23H19NO3.2C2H6/c1-14-8-10-18-20(12-14)26-21-13-15(24(2)3)9-11-19(21)23(18)17-7-5-4-6-16(17)22(25)27-23;2*1-2/h4-13H,1-3H3;2*1-2H3. The number of rotatable bonds is 1. The maximum atomic E-state index is 12.7. The third kappa shape index (κ3) is 3.46. The minimum atomic E-state index is -0.977. The van der Waals surface area contributed by atoms with E-state index in [4.69, 9.17) is 9.47 Å². The first-order valence-electron chi connectivity index (χ1n) is 10.9. The van der Waals surface area contributed by atoms with Crippen molar-refractivity contribution in [3.63, 3.8) is 0 Å². The van der Waals surface area contributed by atoms with Gasteiger partial charge in [-0.3, -0.25) is 0 Å². The fourth-order valence-electron chi connectivity index (χ4n) is 4.05. The van der Waals surface area contributed by atoms with E-state index in [2.05, 4.69) is 0 Å². The molecule has 3 aromatic carbocycles. The summed E-state index contributed by atoms with van der Waals surface area (Å²) < 4.78 is 12.4. The van der Waals surface area contributed by atoms with Gasteiger partial charge in [0.25, 0.3) is 0 Å². The zero-order valence-electron chi connectivity index (χ0n) is 19.4. The lowest BCUT2D eigenvalue weighted by atomic mass is 9.77. The van der Waals surface area contributed by atoms with Crippen LogP contribution in [0.4, 0.5) is 5.69 Å². The van der Waals surface area contributed by atoms with Crippen molar-refractivity contribution in [3.8, 4) is 11.5 Å². The van der Waals surface area contributed by atoms with Crippen LogP contribution in [0, 0.1) is 6.92 Å². The number of anilines is 1. The van der Waals surface area contributed by atoms with Crippen LogP contribution in [-0.4, -0.2) is 20.1 Å². The van der Waals surface area contributed by atoms with E-state index in [9.17, 15) is 4.79 Å². The summed E-state index contributed by atoms with van der Waals surface area (Å²) in [5.74, 6) is 1.13. The van der Waals surface area contributed by atoms with E-state index in [1.54, 1.807) is 0 Å². The third-order valence-corrected chi connectivity index (χ3v) is 5.37. The molecule has 0 aromatic heterocycles. The Kier molecular flexibility index (Phi) is 6.40. The van der Waals surface area contributed by atoms with Crippen LogP contribution in [-0.2, 0) is 10.3 Å². The SMILES string of the molecule is CC.CC.Cc1ccc2c(c1)Oc1cc(N(C)C)ccc1C21OC(=O)c2ccccc21. The smallest absolute Gasteiger partial charge is 0.340 e. The molecule has 2 heterocycles. The highest BCUT2D eigenvalue weighted by atomic mass is 16.6. The Morgan fingerprint density at radius 3 is 2.06 bits per heavy atom. The molecule has 31 heavy (non-hydrogen) atoms. The highest BCUT2D eigenvalue weighted by molar-refractivity contribution is 5.97. The highest BCUT2D eigenvalue weighted by Gasteiger charge is 2.53. The van der Waals surface area contributed by atoms with E-state index in [0.717, 1.165) is 33.7 Å². The van der Waals surface area contributed by atoms with Crippen molar-refractivity contribution < 1.29 is 14.3 Å². The van der Waals surface area contributed by atoms with Crippen molar-refractivity contribution >= 4 is 11.7 Å². The predicted molar refractivity (Wildman–Crippen MR) is 126 cm³/mol. The van der Waals surface area contributed by atoms with Crippen molar-refractivity contribution in [2.75, 3.05) is 19.0 Å². The molecule has 0 aliphatic carbocycles. The summed E-state index contributed by atoms with van der Waals surface area (Å²) in [6.07, 6.45) is 0. The van der Waals surface area contributed by atoms with E-state index in [-0.39, 0.29) is 5.97 Å². The molecular weight excluding hydrogens is 386 g/mol. The van der Waals surface area contributed by atoms with E-state index in [1.165, 1.54) is 0 Å². The van der Waals surface area contributed by atoms with Crippen LogP contribution < -0.4 is 9.64 Å². The molecule has 0 amide bonds. The minimum absolute atomic E-state index is 0.304. The Labute approximate surface area is 185 Å². The number of hydrogen-bond acceptors (Lipinski definition) is 4.